The second-order valence-corrected chi connectivity index (χ2v) is 16.9. The van der Waals surface area contributed by atoms with Gasteiger partial charge in [0.1, 0.15) is 0 Å². The van der Waals surface area contributed by atoms with E-state index in [9.17, 15) is 0 Å². The summed E-state index contributed by atoms with van der Waals surface area (Å²) >= 11 is 0. The second kappa shape index (κ2) is 13.3. The number of rotatable bonds is 5. The summed E-state index contributed by atoms with van der Waals surface area (Å²) in [5.74, 6) is 0. The molecule has 1 aliphatic carbocycles. The molecule has 0 aromatic heterocycles. The van der Waals surface area contributed by atoms with E-state index in [-0.39, 0.29) is 5.41 Å². The van der Waals surface area contributed by atoms with Crippen LogP contribution in [0.3, 0.4) is 0 Å². The van der Waals surface area contributed by atoms with Crippen molar-refractivity contribution < 1.29 is 0 Å². The van der Waals surface area contributed by atoms with Crippen molar-refractivity contribution in [3.63, 3.8) is 0 Å². The Morgan fingerprint density at radius 2 is 0.800 bits per heavy atom. The maximum absolute atomic E-state index is 2.43. The van der Waals surface area contributed by atoms with E-state index in [0.717, 1.165) is 17.1 Å². The minimum Gasteiger partial charge on any atom is -0.310 e. The van der Waals surface area contributed by atoms with E-state index in [2.05, 4.69) is 231 Å². The molecule has 0 unspecified atom stereocenters. The topological polar surface area (TPSA) is 3.24 Å². The Balaban J connectivity index is 0.999. The van der Waals surface area contributed by atoms with Crippen LogP contribution >= 0.6 is 0 Å². The molecule has 11 aromatic rings. The number of para-hydroxylation sites is 1. The summed E-state index contributed by atoms with van der Waals surface area (Å²) in [6.07, 6.45) is 0. The Morgan fingerprint density at radius 3 is 1.52 bits per heavy atom. The van der Waals surface area contributed by atoms with Gasteiger partial charge in [0.25, 0.3) is 0 Å². The molecule has 0 bridgehead atoms. The van der Waals surface area contributed by atoms with Crippen molar-refractivity contribution in [2.45, 2.75) is 19.3 Å². The van der Waals surface area contributed by atoms with Crippen molar-refractivity contribution in [2.24, 2.45) is 0 Å². The summed E-state index contributed by atoms with van der Waals surface area (Å²) in [6.45, 7) is 4.69. The normalized spacial score (nSPS) is 13.0. The first kappa shape index (κ1) is 34.6. The second-order valence-electron chi connectivity index (χ2n) is 16.9. The molecule has 60 heavy (non-hydrogen) atoms. The number of nitrogens with zero attached hydrogens (tertiary/aromatic N) is 1. The van der Waals surface area contributed by atoms with Crippen LogP contribution < -0.4 is 4.90 Å². The summed E-state index contributed by atoms with van der Waals surface area (Å²) in [4.78, 5) is 2.40. The van der Waals surface area contributed by atoms with Gasteiger partial charge in [0.15, 0.2) is 0 Å². The highest BCUT2D eigenvalue weighted by atomic mass is 15.1. The summed E-state index contributed by atoms with van der Waals surface area (Å²) in [5, 5.41) is 12.6. The molecule has 0 saturated heterocycles. The van der Waals surface area contributed by atoms with Gasteiger partial charge in [-0.25, -0.2) is 0 Å². The SMILES string of the molecule is CC1(C)c2ccccc2-c2cc(N(c3ccccc3)c3ccc4cc(-c5cc6cc(-c7ccc8ccccc8c7)c7ccccc7c6c6ccccc56)ccc4c3)ccc21. The minimum atomic E-state index is -0.0354. The summed E-state index contributed by atoms with van der Waals surface area (Å²) in [6, 6.07) is 78.8. The first-order chi connectivity index (χ1) is 29.5. The lowest BCUT2D eigenvalue weighted by Crippen LogP contribution is -2.15. The van der Waals surface area contributed by atoms with Crippen LogP contribution in [0.2, 0.25) is 0 Å². The molecular weight excluding hydrogens is 723 g/mol. The first-order valence-corrected chi connectivity index (χ1v) is 21.0. The third kappa shape index (κ3) is 5.33. The van der Waals surface area contributed by atoms with Gasteiger partial charge in [-0.05, 0) is 159 Å². The highest BCUT2D eigenvalue weighted by Crippen LogP contribution is 2.51. The van der Waals surface area contributed by atoms with Crippen LogP contribution in [-0.2, 0) is 5.41 Å². The van der Waals surface area contributed by atoms with Crippen molar-refractivity contribution in [2.75, 3.05) is 4.90 Å². The number of hydrogen-bond donors (Lipinski definition) is 0. The highest BCUT2D eigenvalue weighted by Gasteiger charge is 2.35. The zero-order valence-electron chi connectivity index (χ0n) is 33.7. The zero-order valence-corrected chi connectivity index (χ0v) is 33.7. The summed E-state index contributed by atoms with van der Waals surface area (Å²) in [7, 11) is 0. The van der Waals surface area contributed by atoms with Gasteiger partial charge in [-0.1, -0.05) is 166 Å². The lowest BCUT2D eigenvalue weighted by Gasteiger charge is -2.27. The molecule has 0 N–H and O–H groups in total. The Hall–Kier alpha value is -7.48. The number of fused-ring (bicyclic) bond motifs is 10. The minimum absolute atomic E-state index is 0.0354. The molecule has 0 aliphatic heterocycles. The Labute approximate surface area is 350 Å². The monoisotopic (exact) mass is 763 g/mol. The van der Waals surface area contributed by atoms with Crippen LogP contribution in [0.5, 0.6) is 0 Å². The van der Waals surface area contributed by atoms with Gasteiger partial charge in [-0.15, -0.1) is 0 Å². The van der Waals surface area contributed by atoms with Crippen LogP contribution in [0.15, 0.2) is 212 Å². The maximum atomic E-state index is 2.43. The van der Waals surface area contributed by atoms with Gasteiger partial charge >= 0.3 is 0 Å². The lowest BCUT2D eigenvalue weighted by molar-refractivity contribution is 0.660. The van der Waals surface area contributed by atoms with Gasteiger partial charge in [0.05, 0.1) is 0 Å². The van der Waals surface area contributed by atoms with Crippen LogP contribution in [-0.4, -0.2) is 0 Å². The van der Waals surface area contributed by atoms with E-state index >= 15 is 0 Å². The lowest BCUT2D eigenvalue weighted by atomic mass is 9.82. The van der Waals surface area contributed by atoms with E-state index in [1.54, 1.807) is 0 Å². The molecule has 0 fully saturated rings. The molecule has 0 spiro atoms. The van der Waals surface area contributed by atoms with Gasteiger partial charge in [0, 0.05) is 22.5 Å². The number of benzene rings is 11. The fourth-order valence-corrected chi connectivity index (χ4v) is 10.2. The maximum Gasteiger partial charge on any atom is 0.0468 e. The molecule has 0 heterocycles. The van der Waals surface area contributed by atoms with E-state index in [1.165, 1.54) is 98.4 Å². The third-order valence-corrected chi connectivity index (χ3v) is 13.2. The van der Waals surface area contributed by atoms with Gasteiger partial charge in [0.2, 0.25) is 0 Å². The molecule has 0 radical (unpaired) electrons. The molecule has 0 saturated carbocycles. The predicted octanol–water partition coefficient (Wildman–Crippen LogP) is 16.6. The number of anilines is 3. The van der Waals surface area contributed by atoms with Crippen LogP contribution in [0.4, 0.5) is 17.1 Å². The molecule has 12 rings (SSSR count). The van der Waals surface area contributed by atoms with Crippen molar-refractivity contribution in [1.82, 2.24) is 0 Å². The molecular formula is C59H41N. The Kier molecular flexibility index (Phi) is 7.65. The third-order valence-electron chi connectivity index (χ3n) is 13.2. The van der Waals surface area contributed by atoms with Crippen LogP contribution in [0, 0.1) is 0 Å². The standard InChI is InChI=1S/C59H41N/c1-59(2)56-23-13-12-20-50(56)55-37-47(30-31-57(55)59)60(45-16-4-3-5-17-45)46-29-28-40-33-43(27-25-41(40)34-46)54-36-44-35-53(42-26-24-38-14-6-7-15-39(38)32-42)48-18-8-10-21-51(48)58(44)52-22-11-9-19-49(52)54/h3-37H,1-2H3. The number of hydrogen-bond acceptors (Lipinski definition) is 1. The van der Waals surface area contributed by atoms with E-state index in [0.29, 0.717) is 0 Å². The largest absolute Gasteiger partial charge is 0.310 e. The molecule has 0 atom stereocenters. The predicted molar refractivity (Wildman–Crippen MR) is 257 cm³/mol. The fraction of sp³-hybridized carbons (Fsp3) is 0.0508. The van der Waals surface area contributed by atoms with Gasteiger partial charge in [-0.3, -0.25) is 0 Å². The van der Waals surface area contributed by atoms with Crippen molar-refractivity contribution in [3.8, 4) is 33.4 Å². The Bertz CT molecular complexity index is 3520. The molecule has 1 heteroatoms. The highest BCUT2D eigenvalue weighted by molar-refractivity contribution is 6.26. The average molecular weight is 764 g/mol. The average Bonchev–Trinajstić information content (AvgIpc) is 3.53. The van der Waals surface area contributed by atoms with E-state index in [4.69, 9.17) is 0 Å². The Morgan fingerprint density at radius 1 is 0.300 bits per heavy atom. The van der Waals surface area contributed by atoms with Crippen LogP contribution in [0.1, 0.15) is 25.0 Å². The van der Waals surface area contributed by atoms with Gasteiger partial charge < -0.3 is 4.90 Å². The molecule has 282 valence electrons. The summed E-state index contributed by atoms with van der Waals surface area (Å²) in [5.41, 5.74) is 13.8. The fourth-order valence-electron chi connectivity index (χ4n) is 10.2. The molecule has 0 amide bonds. The van der Waals surface area contributed by atoms with Crippen molar-refractivity contribution in [3.05, 3.63) is 223 Å². The molecule has 1 aliphatic rings. The van der Waals surface area contributed by atoms with E-state index in [1.807, 2.05) is 0 Å². The van der Waals surface area contributed by atoms with Crippen LogP contribution in [0.25, 0.3) is 87.2 Å². The zero-order chi connectivity index (χ0) is 40.0. The smallest absolute Gasteiger partial charge is 0.0468 e. The van der Waals surface area contributed by atoms with Crippen molar-refractivity contribution >= 4 is 70.9 Å². The summed E-state index contributed by atoms with van der Waals surface area (Å²) < 4.78 is 0. The van der Waals surface area contributed by atoms with Gasteiger partial charge in [-0.2, -0.15) is 0 Å². The van der Waals surface area contributed by atoms with E-state index < -0.39 is 0 Å². The quantitative estimate of drug-likeness (QED) is 0.158. The van der Waals surface area contributed by atoms with Crippen molar-refractivity contribution in [1.29, 1.82) is 0 Å². The first-order valence-electron chi connectivity index (χ1n) is 21.0. The molecule has 11 aromatic carbocycles. The molecule has 1 nitrogen and oxygen atoms in total.